The summed E-state index contributed by atoms with van der Waals surface area (Å²) < 4.78 is 0. The Morgan fingerprint density at radius 2 is 2.00 bits per heavy atom. The molecule has 0 N–H and O–H groups in total. The molecule has 1 aromatic carbocycles. The SMILES string of the molecule is O=C(Cl)c1ccccc1C1CC1. The predicted octanol–water partition coefficient (Wildman–Crippen LogP) is 2.94. The van der Waals surface area contributed by atoms with E-state index in [2.05, 4.69) is 0 Å². The monoisotopic (exact) mass is 180 g/mol. The molecule has 0 radical (unpaired) electrons. The second-order valence-corrected chi connectivity index (χ2v) is 3.48. The van der Waals surface area contributed by atoms with Crippen molar-refractivity contribution in [2.45, 2.75) is 18.8 Å². The van der Waals surface area contributed by atoms with Gasteiger partial charge in [-0.25, -0.2) is 0 Å². The van der Waals surface area contributed by atoms with Crippen molar-refractivity contribution < 1.29 is 4.79 Å². The first-order valence-electron chi connectivity index (χ1n) is 4.08. The first kappa shape index (κ1) is 7.81. The molecule has 1 aliphatic rings. The summed E-state index contributed by atoms with van der Waals surface area (Å²) in [5.74, 6) is 0.587. The summed E-state index contributed by atoms with van der Waals surface area (Å²) >= 11 is 5.44. The molecule has 0 aromatic heterocycles. The fourth-order valence-corrected chi connectivity index (χ4v) is 1.60. The zero-order valence-electron chi connectivity index (χ0n) is 6.59. The number of carbonyl (C=O) groups is 1. The van der Waals surface area contributed by atoms with Crippen LogP contribution in [-0.4, -0.2) is 5.24 Å². The zero-order chi connectivity index (χ0) is 8.55. The van der Waals surface area contributed by atoms with Crippen molar-refractivity contribution in [3.63, 3.8) is 0 Å². The Kier molecular flexibility index (Phi) is 1.89. The molecule has 0 saturated heterocycles. The van der Waals surface area contributed by atoms with Crippen LogP contribution in [0.25, 0.3) is 0 Å². The van der Waals surface area contributed by atoms with Gasteiger partial charge in [0.25, 0.3) is 5.24 Å². The largest absolute Gasteiger partial charge is 0.276 e. The molecule has 0 heterocycles. The highest BCUT2D eigenvalue weighted by Gasteiger charge is 2.26. The fraction of sp³-hybridized carbons (Fsp3) is 0.300. The number of benzene rings is 1. The minimum Gasteiger partial charge on any atom is -0.276 e. The lowest BCUT2D eigenvalue weighted by Crippen LogP contribution is -1.94. The van der Waals surface area contributed by atoms with E-state index in [1.54, 1.807) is 6.07 Å². The van der Waals surface area contributed by atoms with Gasteiger partial charge in [0.2, 0.25) is 0 Å². The van der Waals surface area contributed by atoms with E-state index in [0.717, 1.165) is 5.56 Å². The standard InChI is InChI=1S/C10H9ClO/c11-10(12)9-4-2-1-3-8(9)7-5-6-7/h1-4,7H,5-6H2. The van der Waals surface area contributed by atoms with Gasteiger partial charge in [-0.15, -0.1) is 0 Å². The highest BCUT2D eigenvalue weighted by Crippen LogP contribution is 2.41. The van der Waals surface area contributed by atoms with Gasteiger partial charge >= 0.3 is 0 Å². The van der Waals surface area contributed by atoms with Gasteiger partial charge in [0.05, 0.1) is 0 Å². The third-order valence-corrected chi connectivity index (χ3v) is 2.39. The van der Waals surface area contributed by atoms with Crippen molar-refractivity contribution >= 4 is 16.8 Å². The highest BCUT2D eigenvalue weighted by atomic mass is 35.5. The summed E-state index contributed by atoms with van der Waals surface area (Å²) in [6.07, 6.45) is 2.39. The van der Waals surface area contributed by atoms with Crippen LogP contribution in [0.1, 0.15) is 34.7 Å². The summed E-state index contributed by atoms with van der Waals surface area (Å²) in [4.78, 5) is 11.0. The first-order chi connectivity index (χ1) is 5.79. The molecule has 62 valence electrons. The van der Waals surface area contributed by atoms with E-state index in [1.807, 2.05) is 18.2 Å². The highest BCUT2D eigenvalue weighted by molar-refractivity contribution is 6.67. The Balaban J connectivity index is 2.43. The van der Waals surface area contributed by atoms with Crippen LogP contribution in [0.3, 0.4) is 0 Å². The average Bonchev–Trinajstić information content (AvgIpc) is 2.87. The summed E-state index contributed by atoms with van der Waals surface area (Å²) in [6, 6.07) is 7.59. The topological polar surface area (TPSA) is 17.1 Å². The maximum atomic E-state index is 11.0. The minimum absolute atomic E-state index is 0.336. The van der Waals surface area contributed by atoms with E-state index in [0.29, 0.717) is 11.5 Å². The van der Waals surface area contributed by atoms with Gasteiger partial charge < -0.3 is 0 Å². The van der Waals surface area contributed by atoms with Crippen molar-refractivity contribution in [3.8, 4) is 0 Å². The molecule has 1 aromatic rings. The normalized spacial score (nSPS) is 16.1. The molecule has 1 saturated carbocycles. The molecule has 1 fully saturated rings. The molecule has 0 unspecified atom stereocenters. The average molecular weight is 181 g/mol. The third kappa shape index (κ3) is 1.37. The van der Waals surface area contributed by atoms with Crippen molar-refractivity contribution in [1.82, 2.24) is 0 Å². The van der Waals surface area contributed by atoms with Crippen LogP contribution in [0.2, 0.25) is 0 Å². The van der Waals surface area contributed by atoms with Crippen LogP contribution >= 0.6 is 11.6 Å². The minimum atomic E-state index is -0.336. The van der Waals surface area contributed by atoms with Crippen LogP contribution in [0, 0.1) is 0 Å². The van der Waals surface area contributed by atoms with Crippen LogP contribution in [0.15, 0.2) is 24.3 Å². The molecule has 12 heavy (non-hydrogen) atoms. The van der Waals surface area contributed by atoms with Gasteiger partial charge in [0.15, 0.2) is 0 Å². The second kappa shape index (κ2) is 2.91. The fourth-order valence-electron chi connectivity index (χ4n) is 1.43. The molecule has 0 aliphatic heterocycles. The Bertz CT molecular complexity index is 315. The van der Waals surface area contributed by atoms with E-state index < -0.39 is 0 Å². The van der Waals surface area contributed by atoms with Gasteiger partial charge in [-0.3, -0.25) is 4.79 Å². The molecule has 1 aliphatic carbocycles. The molecule has 0 bridgehead atoms. The first-order valence-corrected chi connectivity index (χ1v) is 4.45. The molecular weight excluding hydrogens is 172 g/mol. The van der Waals surface area contributed by atoms with Crippen LogP contribution in [0.4, 0.5) is 0 Å². The van der Waals surface area contributed by atoms with Gasteiger partial charge in [-0.1, -0.05) is 18.2 Å². The van der Waals surface area contributed by atoms with E-state index in [9.17, 15) is 4.79 Å². The van der Waals surface area contributed by atoms with Crippen LogP contribution in [0.5, 0.6) is 0 Å². The predicted molar refractivity (Wildman–Crippen MR) is 48.6 cm³/mol. The van der Waals surface area contributed by atoms with Crippen molar-refractivity contribution in [2.75, 3.05) is 0 Å². The molecule has 0 atom stereocenters. The van der Waals surface area contributed by atoms with Gasteiger partial charge in [-0.05, 0) is 42.0 Å². The van der Waals surface area contributed by atoms with Gasteiger partial charge in [0.1, 0.15) is 0 Å². The maximum Gasteiger partial charge on any atom is 0.252 e. The Hall–Kier alpha value is -0.820. The van der Waals surface area contributed by atoms with Gasteiger partial charge in [0, 0.05) is 5.56 Å². The molecular formula is C10H9ClO. The smallest absolute Gasteiger partial charge is 0.252 e. The van der Waals surface area contributed by atoms with E-state index in [4.69, 9.17) is 11.6 Å². The zero-order valence-corrected chi connectivity index (χ0v) is 7.34. The Morgan fingerprint density at radius 1 is 1.33 bits per heavy atom. The number of hydrogen-bond acceptors (Lipinski definition) is 1. The summed E-state index contributed by atoms with van der Waals surface area (Å²) in [7, 11) is 0. The number of rotatable bonds is 2. The number of halogens is 1. The van der Waals surface area contributed by atoms with Crippen LogP contribution < -0.4 is 0 Å². The lowest BCUT2D eigenvalue weighted by atomic mass is 10.0. The lowest BCUT2D eigenvalue weighted by Gasteiger charge is -2.02. The Labute approximate surface area is 76.4 Å². The van der Waals surface area contributed by atoms with Gasteiger partial charge in [-0.2, -0.15) is 0 Å². The Morgan fingerprint density at radius 3 is 2.58 bits per heavy atom. The third-order valence-electron chi connectivity index (χ3n) is 2.19. The summed E-state index contributed by atoms with van der Waals surface area (Å²) in [5.41, 5.74) is 1.80. The molecule has 0 amide bonds. The summed E-state index contributed by atoms with van der Waals surface area (Å²) in [5, 5.41) is -0.336. The van der Waals surface area contributed by atoms with Crippen LogP contribution in [-0.2, 0) is 0 Å². The van der Waals surface area contributed by atoms with Crippen molar-refractivity contribution in [1.29, 1.82) is 0 Å². The summed E-state index contributed by atoms with van der Waals surface area (Å²) in [6.45, 7) is 0. The maximum absolute atomic E-state index is 11.0. The molecule has 1 nitrogen and oxygen atoms in total. The molecule has 2 heteroatoms. The van der Waals surface area contributed by atoms with Crippen molar-refractivity contribution in [2.24, 2.45) is 0 Å². The van der Waals surface area contributed by atoms with E-state index in [1.165, 1.54) is 12.8 Å². The quantitative estimate of drug-likeness (QED) is 0.640. The number of hydrogen-bond donors (Lipinski definition) is 0. The van der Waals surface area contributed by atoms with E-state index >= 15 is 0 Å². The number of carbonyl (C=O) groups excluding carboxylic acids is 1. The molecule has 0 spiro atoms. The second-order valence-electron chi connectivity index (χ2n) is 3.14. The lowest BCUT2D eigenvalue weighted by molar-refractivity contribution is 0.108. The van der Waals surface area contributed by atoms with E-state index in [-0.39, 0.29) is 5.24 Å². The molecule has 2 rings (SSSR count). The van der Waals surface area contributed by atoms with Crippen molar-refractivity contribution in [3.05, 3.63) is 35.4 Å².